The van der Waals surface area contributed by atoms with Gasteiger partial charge < -0.3 is 4.43 Å². The van der Waals surface area contributed by atoms with Crippen LogP contribution in [0.3, 0.4) is 0 Å². The normalized spacial score (nSPS) is 28.4. The van der Waals surface area contributed by atoms with Gasteiger partial charge in [0.2, 0.25) is 0 Å². The Morgan fingerprint density at radius 1 is 1.19 bits per heavy atom. The Hall–Kier alpha value is -0.413. The molecule has 156 valence electrons. The summed E-state index contributed by atoms with van der Waals surface area (Å²) in [5.74, 6) is 0.835. The van der Waals surface area contributed by atoms with E-state index < -0.39 is 8.32 Å². The molecule has 2 aliphatic carbocycles. The number of hydrogen-bond acceptors (Lipinski definition) is 2. The van der Waals surface area contributed by atoms with Gasteiger partial charge in [0.1, 0.15) is 5.78 Å². The summed E-state index contributed by atoms with van der Waals surface area (Å²) in [5, 5.41) is 0. The van der Waals surface area contributed by atoms with Crippen LogP contribution in [0.25, 0.3) is 0 Å². The Morgan fingerprint density at radius 2 is 1.81 bits per heavy atom. The SMILES string of the molecule is CC[Si](CC)(CC)OC(C)(C)CCC/C(C)=C1\CC[C@H]2C(=O)CCC[C@]12C. The third kappa shape index (κ3) is 4.96. The second-order valence-corrected chi connectivity index (χ2v) is 14.7. The number of carbonyl (C=O) groups is 1. The molecule has 0 aromatic heterocycles. The summed E-state index contributed by atoms with van der Waals surface area (Å²) < 4.78 is 6.78. The van der Waals surface area contributed by atoms with E-state index in [0.29, 0.717) is 11.7 Å². The molecule has 0 spiro atoms. The number of ketones is 1. The number of hydrogen-bond donors (Lipinski definition) is 0. The fourth-order valence-corrected chi connectivity index (χ4v) is 9.19. The van der Waals surface area contributed by atoms with Crippen molar-refractivity contribution in [2.24, 2.45) is 11.3 Å². The summed E-state index contributed by atoms with van der Waals surface area (Å²) >= 11 is 0. The van der Waals surface area contributed by atoms with Crippen LogP contribution in [-0.2, 0) is 9.22 Å². The standard InChI is InChI=1S/C24H44O2Si/c1-8-27(9-2,10-3)26-23(5,6)17-11-13-19(4)20-15-16-21-22(25)14-12-18-24(20,21)7/h21H,8-18H2,1-7H3/b20-19+/t21-,24+/m0/s1. The van der Waals surface area contributed by atoms with Crippen LogP contribution in [0.1, 0.15) is 99.8 Å². The number of rotatable bonds is 9. The number of carbonyl (C=O) groups excluding carboxylic acids is 1. The quantitative estimate of drug-likeness (QED) is 0.301. The van der Waals surface area contributed by atoms with E-state index in [9.17, 15) is 4.79 Å². The minimum absolute atomic E-state index is 0.0118. The molecule has 0 amide bonds. The third-order valence-electron chi connectivity index (χ3n) is 7.92. The van der Waals surface area contributed by atoms with Gasteiger partial charge in [-0.15, -0.1) is 0 Å². The Morgan fingerprint density at radius 3 is 2.41 bits per heavy atom. The lowest BCUT2D eigenvalue weighted by molar-refractivity contribution is -0.127. The van der Waals surface area contributed by atoms with Crippen molar-refractivity contribution >= 4 is 14.1 Å². The Labute approximate surface area is 169 Å². The van der Waals surface area contributed by atoms with E-state index >= 15 is 0 Å². The predicted molar refractivity (Wildman–Crippen MR) is 119 cm³/mol. The van der Waals surface area contributed by atoms with Gasteiger partial charge >= 0.3 is 0 Å². The number of fused-ring (bicyclic) bond motifs is 1. The van der Waals surface area contributed by atoms with Crippen molar-refractivity contribution in [1.29, 1.82) is 0 Å². The lowest BCUT2D eigenvalue weighted by Crippen LogP contribution is -2.44. The molecule has 27 heavy (non-hydrogen) atoms. The zero-order valence-corrected chi connectivity index (χ0v) is 20.2. The van der Waals surface area contributed by atoms with Crippen LogP contribution in [0.5, 0.6) is 0 Å². The van der Waals surface area contributed by atoms with Crippen molar-refractivity contribution in [2.75, 3.05) is 0 Å². The second kappa shape index (κ2) is 8.94. The van der Waals surface area contributed by atoms with E-state index in [-0.39, 0.29) is 11.0 Å². The van der Waals surface area contributed by atoms with E-state index in [1.807, 2.05) is 0 Å². The summed E-state index contributed by atoms with van der Waals surface area (Å²) in [5.41, 5.74) is 3.34. The molecule has 0 radical (unpaired) electrons. The number of allylic oxidation sites excluding steroid dienone is 2. The molecule has 2 rings (SSSR count). The molecule has 2 fully saturated rings. The van der Waals surface area contributed by atoms with E-state index in [1.165, 1.54) is 31.0 Å². The van der Waals surface area contributed by atoms with E-state index in [1.54, 1.807) is 11.1 Å². The first kappa shape index (κ1) is 22.9. The maximum atomic E-state index is 12.4. The van der Waals surface area contributed by atoms with Crippen molar-refractivity contribution in [3.05, 3.63) is 11.1 Å². The van der Waals surface area contributed by atoms with Crippen LogP contribution < -0.4 is 0 Å². The molecular formula is C24H44O2Si. The average molecular weight is 393 g/mol. The molecule has 0 saturated heterocycles. The summed E-state index contributed by atoms with van der Waals surface area (Å²) in [7, 11) is -1.55. The first-order valence-corrected chi connectivity index (χ1v) is 14.1. The van der Waals surface area contributed by atoms with Crippen molar-refractivity contribution in [3.8, 4) is 0 Å². The molecule has 0 unspecified atom stereocenters. The summed E-state index contributed by atoms with van der Waals surface area (Å²) in [6.07, 6.45) is 8.84. The largest absolute Gasteiger partial charge is 0.412 e. The Bertz CT molecular complexity index is 550. The van der Waals surface area contributed by atoms with Crippen LogP contribution >= 0.6 is 0 Å². The van der Waals surface area contributed by atoms with Crippen LogP contribution in [0.2, 0.25) is 18.1 Å². The van der Waals surface area contributed by atoms with Gasteiger partial charge in [0.25, 0.3) is 0 Å². The highest BCUT2D eigenvalue weighted by molar-refractivity contribution is 6.73. The van der Waals surface area contributed by atoms with Crippen molar-refractivity contribution in [1.82, 2.24) is 0 Å². The molecule has 0 bridgehead atoms. The zero-order valence-electron chi connectivity index (χ0n) is 19.2. The summed E-state index contributed by atoms with van der Waals surface area (Å²) in [4.78, 5) is 12.4. The van der Waals surface area contributed by atoms with E-state index in [2.05, 4.69) is 48.5 Å². The molecule has 2 saturated carbocycles. The Balaban J connectivity index is 1.98. The fourth-order valence-electron chi connectivity index (χ4n) is 5.98. The van der Waals surface area contributed by atoms with E-state index in [4.69, 9.17) is 4.43 Å². The van der Waals surface area contributed by atoms with Crippen molar-refractivity contribution in [3.63, 3.8) is 0 Å². The van der Waals surface area contributed by atoms with Crippen molar-refractivity contribution < 1.29 is 9.22 Å². The second-order valence-electron chi connectivity index (χ2n) is 10.0. The maximum Gasteiger partial charge on any atom is 0.192 e. The first-order chi connectivity index (χ1) is 12.6. The molecular weight excluding hydrogens is 348 g/mol. The van der Waals surface area contributed by atoms with Crippen LogP contribution in [-0.4, -0.2) is 19.7 Å². The molecule has 0 aliphatic heterocycles. The smallest absolute Gasteiger partial charge is 0.192 e. The van der Waals surface area contributed by atoms with E-state index in [0.717, 1.165) is 38.5 Å². The minimum atomic E-state index is -1.55. The molecule has 2 nitrogen and oxygen atoms in total. The molecule has 0 aromatic rings. The van der Waals surface area contributed by atoms with Gasteiger partial charge in [-0.05, 0) is 89.3 Å². The summed E-state index contributed by atoms with van der Waals surface area (Å²) in [6.45, 7) is 16.2. The molecule has 0 heterocycles. The average Bonchev–Trinajstić information content (AvgIpc) is 2.98. The topological polar surface area (TPSA) is 26.3 Å². The van der Waals surface area contributed by atoms with Crippen LogP contribution in [0.15, 0.2) is 11.1 Å². The van der Waals surface area contributed by atoms with Gasteiger partial charge in [-0.1, -0.05) is 38.8 Å². The lowest BCUT2D eigenvalue weighted by Gasteiger charge is -2.39. The highest BCUT2D eigenvalue weighted by Crippen LogP contribution is 2.55. The zero-order chi connectivity index (χ0) is 20.3. The molecule has 0 N–H and O–H groups in total. The fraction of sp³-hybridized carbons (Fsp3) is 0.875. The van der Waals surface area contributed by atoms with Crippen LogP contribution in [0.4, 0.5) is 0 Å². The Kier molecular flexibility index (Phi) is 7.58. The van der Waals surface area contributed by atoms with Gasteiger partial charge in [0.05, 0.1) is 5.60 Å². The van der Waals surface area contributed by atoms with Crippen LogP contribution in [0, 0.1) is 11.3 Å². The molecule has 2 atom stereocenters. The molecule has 2 aliphatic rings. The van der Waals surface area contributed by atoms with Gasteiger partial charge in [0.15, 0.2) is 8.32 Å². The van der Waals surface area contributed by atoms with Crippen molar-refractivity contribution in [2.45, 2.75) is 124 Å². The third-order valence-corrected chi connectivity index (χ3v) is 12.8. The highest BCUT2D eigenvalue weighted by atomic mass is 28.4. The minimum Gasteiger partial charge on any atom is -0.412 e. The number of Topliss-reactive ketones (excluding diaryl/α,β-unsaturated/α-hetero) is 1. The molecule has 0 aromatic carbocycles. The van der Waals surface area contributed by atoms with Gasteiger partial charge in [-0.3, -0.25) is 4.79 Å². The predicted octanol–water partition coefficient (Wildman–Crippen LogP) is 7.44. The lowest BCUT2D eigenvalue weighted by atomic mass is 9.66. The highest BCUT2D eigenvalue weighted by Gasteiger charge is 2.48. The van der Waals surface area contributed by atoms with Gasteiger partial charge in [0, 0.05) is 12.3 Å². The maximum absolute atomic E-state index is 12.4. The molecule has 3 heteroatoms. The summed E-state index contributed by atoms with van der Waals surface area (Å²) in [6, 6.07) is 3.67. The first-order valence-electron chi connectivity index (χ1n) is 11.5. The van der Waals surface area contributed by atoms with Gasteiger partial charge in [-0.2, -0.15) is 0 Å². The monoisotopic (exact) mass is 392 g/mol. The van der Waals surface area contributed by atoms with Gasteiger partial charge in [-0.25, -0.2) is 0 Å².